The van der Waals surface area contributed by atoms with Crippen molar-refractivity contribution in [1.82, 2.24) is 0 Å². The van der Waals surface area contributed by atoms with Crippen LogP contribution in [0.15, 0.2) is 5.76 Å². The van der Waals surface area contributed by atoms with Gasteiger partial charge in [0.2, 0.25) is 11.5 Å². The fourth-order valence-electron chi connectivity index (χ4n) is 2.58. The lowest BCUT2D eigenvalue weighted by atomic mass is 9.72. The number of hydrogen-bond donors (Lipinski definition) is 5. The first-order valence-electron chi connectivity index (χ1n) is 7.15. The van der Waals surface area contributed by atoms with Gasteiger partial charge in [-0.1, -0.05) is 41.5 Å². The van der Waals surface area contributed by atoms with Crippen molar-refractivity contribution in [1.29, 1.82) is 0 Å². The minimum Gasteiger partial charge on any atom is -0.504 e. The Hall–Kier alpha value is -2.37. The minimum atomic E-state index is -1.56. The van der Waals surface area contributed by atoms with Gasteiger partial charge in [0, 0.05) is 11.1 Å². The monoisotopic (exact) mass is 324 g/mol. The standard InChI is InChI=1S/C17H24O6/c1-16(2,3)10-8(7-9(18)15(22)23)12(19)14(21)13(20)11(10)17(4,5)6/h7,18-21H,1-6H3,(H,22,23)/b9-7-. The average Bonchev–Trinajstić information content (AvgIpc) is 2.35. The maximum atomic E-state index is 10.9. The second-order valence-electron chi connectivity index (χ2n) is 7.54. The lowest BCUT2D eigenvalue weighted by Gasteiger charge is -2.33. The van der Waals surface area contributed by atoms with E-state index in [0.29, 0.717) is 11.1 Å². The molecule has 1 aromatic rings. The van der Waals surface area contributed by atoms with Crippen molar-refractivity contribution in [2.45, 2.75) is 52.4 Å². The molecule has 0 aromatic heterocycles. The van der Waals surface area contributed by atoms with E-state index < -0.39 is 39.8 Å². The predicted octanol–water partition coefficient (Wildman–Crippen LogP) is 3.38. The summed E-state index contributed by atoms with van der Waals surface area (Å²) in [5.74, 6) is -4.41. The summed E-state index contributed by atoms with van der Waals surface area (Å²) in [6.07, 6.45) is 0.882. The second kappa shape index (κ2) is 5.68. The number of aromatic hydroxyl groups is 3. The van der Waals surface area contributed by atoms with E-state index in [2.05, 4.69) is 0 Å². The molecule has 0 atom stereocenters. The topological polar surface area (TPSA) is 118 Å². The molecule has 0 fully saturated rings. The zero-order chi connectivity index (χ0) is 18.3. The summed E-state index contributed by atoms with van der Waals surface area (Å²) in [5, 5.41) is 48.9. The summed E-state index contributed by atoms with van der Waals surface area (Å²) < 4.78 is 0. The molecule has 0 amide bonds. The van der Waals surface area contributed by atoms with Crippen LogP contribution < -0.4 is 0 Å². The number of phenols is 3. The number of hydrogen-bond acceptors (Lipinski definition) is 5. The fraction of sp³-hybridized carbons (Fsp3) is 0.471. The number of aliphatic hydroxyl groups is 1. The molecule has 0 unspecified atom stereocenters. The Morgan fingerprint density at radius 1 is 0.783 bits per heavy atom. The Bertz CT molecular complexity index is 672. The first-order chi connectivity index (χ1) is 10.2. The number of aliphatic carboxylic acids is 1. The van der Waals surface area contributed by atoms with Gasteiger partial charge in [-0.2, -0.15) is 0 Å². The Morgan fingerprint density at radius 2 is 1.22 bits per heavy atom. The lowest BCUT2D eigenvalue weighted by Crippen LogP contribution is -2.24. The maximum absolute atomic E-state index is 10.9. The van der Waals surface area contributed by atoms with Gasteiger partial charge in [-0.05, 0) is 22.5 Å². The summed E-state index contributed by atoms with van der Waals surface area (Å²) in [4.78, 5) is 10.9. The smallest absolute Gasteiger partial charge is 0.370 e. The van der Waals surface area contributed by atoms with E-state index in [9.17, 15) is 25.2 Å². The van der Waals surface area contributed by atoms with Crippen molar-refractivity contribution >= 4 is 12.0 Å². The molecule has 128 valence electrons. The second-order valence-corrected chi connectivity index (χ2v) is 7.54. The predicted molar refractivity (Wildman–Crippen MR) is 87.1 cm³/mol. The molecule has 0 saturated carbocycles. The van der Waals surface area contributed by atoms with Crippen molar-refractivity contribution in [3.63, 3.8) is 0 Å². The highest BCUT2D eigenvalue weighted by Gasteiger charge is 2.34. The Labute approximate surface area is 135 Å². The van der Waals surface area contributed by atoms with Crippen molar-refractivity contribution in [3.8, 4) is 17.2 Å². The third kappa shape index (κ3) is 3.52. The van der Waals surface area contributed by atoms with Gasteiger partial charge >= 0.3 is 5.97 Å². The number of carbonyl (C=O) groups is 1. The van der Waals surface area contributed by atoms with Crippen molar-refractivity contribution in [3.05, 3.63) is 22.4 Å². The van der Waals surface area contributed by atoms with E-state index in [1.807, 2.05) is 41.5 Å². The van der Waals surface area contributed by atoms with Gasteiger partial charge in [-0.25, -0.2) is 4.79 Å². The first kappa shape index (κ1) is 18.7. The van der Waals surface area contributed by atoms with Crippen LogP contribution in [-0.4, -0.2) is 31.5 Å². The Balaban J connectivity index is 4.07. The third-order valence-corrected chi connectivity index (χ3v) is 3.46. The molecule has 1 rings (SSSR count). The quantitative estimate of drug-likeness (QED) is 0.323. The SMILES string of the molecule is CC(C)(C)c1c(O)c(O)c(O)c(/C=C(\O)C(=O)O)c1C(C)(C)C. The fourth-order valence-corrected chi connectivity index (χ4v) is 2.58. The largest absolute Gasteiger partial charge is 0.504 e. The molecular formula is C17H24O6. The molecule has 5 N–H and O–H groups in total. The van der Waals surface area contributed by atoms with Gasteiger partial charge in [-0.3, -0.25) is 0 Å². The van der Waals surface area contributed by atoms with Gasteiger partial charge in [0.25, 0.3) is 0 Å². The molecule has 0 bridgehead atoms. The molecule has 0 heterocycles. The van der Waals surface area contributed by atoms with Crippen LogP contribution in [0, 0.1) is 0 Å². The normalized spacial score (nSPS) is 13.2. The van der Waals surface area contributed by atoms with E-state index in [-0.39, 0.29) is 5.56 Å². The number of phenolic OH excluding ortho intramolecular Hbond substituents is 3. The average molecular weight is 324 g/mol. The Kier molecular flexibility index (Phi) is 4.61. The van der Waals surface area contributed by atoms with Crippen LogP contribution in [-0.2, 0) is 15.6 Å². The highest BCUT2D eigenvalue weighted by Crippen LogP contribution is 2.51. The molecule has 23 heavy (non-hydrogen) atoms. The molecule has 0 saturated heterocycles. The van der Waals surface area contributed by atoms with Crippen LogP contribution in [0.1, 0.15) is 58.2 Å². The van der Waals surface area contributed by atoms with E-state index in [4.69, 9.17) is 5.11 Å². The van der Waals surface area contributed by atoms with E-state index in [0.717, 1.165) is 6.08 Å². The molecule has 6 heteroatoms. The summed E-state index contributed by atoms with van der Waals surface area (Å²) in [7, 11) is 0. The van der Waals surface area contributed by atoms with E-state index in [1.165, 1.54) is 0 Å². The maximum Gasteiger partial charge on any atom is 0.370 e. The molecule has 0 spiro atoms. The first-order valence-corrected chi connectivity index (χ1v) is 7.15. The summed E-state index contributed by atoms with van der Waals surface area (Å²) in [6.45, 7) is 10.9. The van der Waals surface area contributed by atoms with Crippen molar-refractivity contribution < 1.29 is 30.3 Å². The molecule has 6 nitrogen and oxygen atoms in total. The van der Waals surface area contributed by atoms with Gasteiger partial charge in [-0.15, -0.1) is 0 Å². The van der Waals surface area contributed by atoms with Crippen molar-refractivity contribution in [2.24, 2.45) is 0 Å². The third-order valence-electron chi connectivity index (χ3n) is 3.46. The Morgan fingerprint density at radius 3 is 1.57 bits per heavy atom. The lowest BCUT2D eigenvalue weighted by molar-refractivity contribution is -0.135. The van der Waals surface area contributed by atoms with Crippen LogP contribution >= 0.6 is 0 Å². The van der Waals surface area contributed by atoms with Crippen LogP contribution in [0.2, 0.25) is 0 Å². The van der Waals surface area contributed by atoms with Crippen LogP contribution in [0.4, 0.5) is 0 Å². The summed E-state index contributed by atoms with van der Waals surface area (Å²) in [6, 6.07) is 0. The molecule has 0 radical (unpaired) electrons. The minimum absolute atomic E-state index is 0.0300. The summed E-state index contributed by atoms with van der Waals surface area (Å²) in [5.41, 5.74) is -0.400. The zero-order valence-corrected chi connectivity index (χ0v) is 14.2. The van der Waals surface area contributed by atoms with E-state index >= 15 is 0 Å². The van der Waals surface area contributed by atoms with Gasteiger partial charge in [0.05, 0.1) is 0 Å². The van der Waals surface area contributed by atoms with Gasteiger partial charge in [0.15, 0.2) is 11.5 Å². The molecule has 0 aliphatic heterocycles. The zero-order valence-electron chi connectivity index (χ0n) is 14.2. The van der Waals surface area contributed by atoms with Crippen molar-refractivity contribution in [2.75, 3.05) is 0 Å². The highest BCUT2D eigenvalue weighted by molar-refractivity contribution is 5.91. The molecular weight excluding hydrogens is 300 g/mol. The summed E-state index contributed by atoms with van der Waals surface area (Å²) >= 11 is 0. The number of carboxylic acid groups (broad SMARTS) is 1. The highest BCUT2D eigenvalue weighted by atomic mass is 16.4. The molecule has 0 aliphatic rings. The molecule has 1 aromatic carbocycles. The van der Waals surface area contributed by atoms with Crippen LogP contribution in [0.3, 0.4) is 0 Å². The van der Waals surface area contributed by atoms with Crippen LogP contribution in [0.5, 0.6) is 17.2 Å². The number of carboxylic acids is 1. The van der Waals surface area contributed by atoms with E-state index in [1.54, 1.807) is 0 Å². The van der Waals surface area contributed by atoms with Gasteiger partial charge < -0.3 is 25.5 Å². The number of benzene rings is 1. The van der Waals surface area contributed by atoms with Crippen LogP contribution in [0.25, 0.3) is 6.08 Å². The van der Waals surface area contributed by atoms with Gasteiger partial charge in [0.1, 0.15) is 0 Å². The number of rotatable bonds is 2. The molecule has 0 aliphatic carbocycles. The number of aliphatic hydroxyl groups excluding tert-OH is 1.